The molecule has 2 N–H and O–H groups in total. The van der Waals surface area contributed by atoms with Crippen LogP contribution in [0.15, 0.2) is 47.1 Å². The number of amides is 1. The van der Waals surface area contributed by atoms with E-state index >= 15 is 0 Å². The molecule has 1 fully saturated rings. The van der Waals surface area contributed by atoms with E-state index in [1.807, 2.05) is 29.8 Å². The molecule has 1 amide bonds. The van der Waals surface area contributed by atoms with Gasteiger partial charge in [-0.05, 0) is 25.1 Å². The molecule has 6 rings (SSSR count). The number of anilines is 2. The Morgan fingerprint density at radius 1 is 1.14 bits per heavy atom. The van der Waals surface area contributed by atoms with Crippen LogP contribution in [-0.4, -0.2) is 65.5 Å². The number of carbonyl (C=O) groups is 1. The van der Waals surface area contributed by atoms with E-state index in [4.69, 9.17) is 9.26 Å². The summed E-state index contributed by atoms with van der Waals surface area (Å²) in [6.45, 7) is 3.66. The van der Waals surface area contributed by atoms with Crippen LogP contribution in [0.4, 0.5) is 11.8 Å². The maximum Gasteiger partial charge on any atom is 0.262 e. The fourth-order valence-electron chi connectivity index (χ4n) is 4.38. The highest BCUT2D eigenvalue weighted by Crippen LogP contribution is 2.34. The normalized spacial score (nSPS) is 21.6. The third-order valence-corrected chi connectivity index (χ3v) is 6.41. The van der Waals surface area contributed by atoms with Gasteiger partial charge < -0.3 is 24.6 Å². The molecule has 2 atom stereocenters. The molecular formula is C24H24N8O4. The van der Waals surface area contributed by atoms with E-state index < -0.39 is 11.5 Å². The predicted molar refractivity (Wildman–Crippen MR) is 127 cm³/mol. The van der Waals surface area contributed by atoms with Crippen LogP contribution in [0.1, 0.15) is 24.8 Å². The van der Waals surface area contributed by atoms with Gasteiger partial charge in [-0.25, -0.2) is 15.0 Å². The summed E-state index contributed by atoms with van der Waals surface area (Å²) < 4.78 is 12.9. The number of hydrogen-bond acceptors (Lipinski definition) is 10. The van der Waals surface area contributed by atoms with Crippen LogP contribution in [-0.2, 0) is 28.3 Å². The molecule has 184 valence electrons. The maximum absolute atomic E-state index is 12.4. The monoisotopic (exact) mass is 488 g/mol. The Balaban J connectivity index is 1.24. The molecule has 0 unspecified atom stereocenters. The van der Waals surface area contributed by atoms with Crippen molar-refractivity contribution < 1.29 is 19.2 Å². The molecule has 0 radical (unpaired) electrons. The summed E-state index contributed by atoms with van der Waals surface area (Å²) in [5.74, 6) is 0.726. The van der Waals surface area contributed by atoms with Crippen molar-refractivity contribution in [3.05, 3.63) is 54.0 Å². The van der Waals surface area contributed by atoms with Crippen molar-refractivity contribution in [1.29, 1.82) is 0 Å². The standard InChI is InChI=1S/C24H24N8O4/c1-14-12-32-15(13-35-14)10-21(29-32)28-23-25-8-6-18(27-23)16-4-3-5-17(26-16)19-11-20(36-30-19)24(34)7-9-31(2)22(24)33/h3-6,8,10-11,14,34H,7,9,12-13H2,1-2H3,(H,25,27,28,29)/t14-,24+/m0/s1. The van der Waals surface area contributed by atoms with Gasteiger partial charge in [0.1, 0.15) is 5.69 Å². The maximum atomic E-state index is 12.4. The molecule has 6 heterocycles. The minimum absolute atomic E-state index is 0.107. The summed E-state index contributed by atoms with van der Waals surface area (Å²) in [6.07, 6.45) is 2.01. The number of pyridine rings is 1. The summed E-state index contributed by atoms with van der Waals surface area (Å²) in [5.41, 5.74) is 1.42. The number of fused-ring (bicyclic) bond motifs is 1. The largest absolute Gasteiger partial charge is 0.373 e. The van der Waals surface area contributed by atoms with Crippen LogP contribution in [0.3, 0.4) is 0 Å². The lowest BCUT2D eigenvalue weighted by Gasteiger charge is -2.20. The van der Waals surface area contributed by atoms with E-state index in [0.29, 0.717) is 54.2 Å². The van der Waals surface area contributed by atoms with E-state index in [1.54, 1.807) is 31.4 Å². The summed E-state index contributed by atoms with van der Waals surface area (Å²) in [4.78, 5) is 27.4. The van der Waals surface area contributed by atoms with Crippen molar-refractivity contribution >= 4 is 17.7 Å². The lowest BCUT2D eigenvalue weighted by Crippen LogP contribution is -2.35. The van der Waals surface area contributed by atoms with Crippen molar-refractivity contribution in [2.24, 2.45) is 0 Å². The first-order valence-electron chi connectivity index (χ1n) is 11.6. The molecule has 1 saturated heterocycles. The molecule has 0 bridgehead atoms. The van der Waals surface area contributed by atoms with Gasteiger partial charge in [-0.15, -0.1) is 0 Å². The number of likely N-dealkylation sites (tertiary alicyclic amines) is 1. The minimum Gasteiger partial charge on any atom is -0.373 e. The molecule has 12 heteroatoms. The molecule has 36 heavy (non-hydrogen) atoms. The number of rotatable bonds is 5. The molecule has 2 aliphatic heterocycles. The Kier molecular flexibility index (Phi) is 5.27. The molecule has 4 aromatic rings. The Hall–Kier alpha value is -4.16. The fourth-order valence-corrected chi connectivity index (χ4v) is 4.38. The van der Waals surface area contributed by atoms with E-state index in [0.717, 1.165) is 5.69 Å². The van der Waals surface area contributed by atoms with E-state index in [-0.39, 0.29) is 18.3 Å². The third-order valence-electron chi connectivity index (χ3n) is 6.41. The smallest absolute Gasteiger partial charge is 0.262 e. The summed E-state index contributed by atoms with van der Waals surface area (Å²) in [7, 11) is 1.64. The van der Waals surface area contributed by atoms with E-state index in [9.17, 15) is 9.90 Å². The first-order valence-corrected chi connectivity index (χ1v) is 11.6. The Bertz CT molecular complexity index is 1450. The van der Waals surface area contributed by atoms with E-state index in [2.05, 4.69) is 30.5 Å². The van der Waals surface area contributed by atoms with Crippen molar-refractivity contribution in [2.75, 3.05) is 18.9 Å². The first kappa shape index (κ1) is 22.3. The number of aromatic nitrogens is 6. The number of aliphatic hydroxyl groups is 1. The lowest BCUT2D eigenvalue weighted by molar-refractivity contribution is -0.144. The first-order chi connectivity index (χ1) is 17.4. The number of hydrogen-bond donors (Lipinski definition) is 2. The molecular weight excluding hydrogens is 464 g/mol. The summed E-state index contributed by atoms with van der Waals surface area (Å²) >= 11 is 0. The van der Waals surface area contributed by atoms with Gasteiger partial charge >= 0.3 is 0 Å². The van der Waals surface area contributed by atoms with Crippen molar-refractivity contribution in [1.82, 2.24) is 34.8 Å². The molecule has 12 nitrogen and oxygen atoms in total. The second-order valence-corrected chi connectivity index (χ2v) is 9.04. The van der Waals surface area contributed by atoms with Crippen LogP contribution in [0, 0.1) is 0 Å². The van der Waals surface area contributed by atoms with Gasteiger partial charge in [-0.1, -0.05) is 11.2 Å². The molecule has 0 aliphatic carbocycles. The number of carbonyl (C=O) groups excluding carboxylic acids is 1. The van der Waals surface area contributed by atoms with Crippen LogP contribution < -0.4 is 5.32 Å². The van der Waals surface area contributed by atoms with Crippen molar-refractivity contribution in [3.8, 4) is 22.8 Å². The second-order valence-electron chi connectivity index (χ2n) is 9.04. The Morgan fingerprint density at radius 2 is 1.94 bits per heavy atom. The number of ether oxygens (including phenoxy) is 1. The molecule has 4 aromatic heterocycles. The lowest BCUT2D eigenvalue weighted by atomic mass is 9.98. The van der Waals surface area contributed by atoms with Gasteiger partial charge in [-0.3, -0.25) is 9.48 Å². The zero-order chi connectivity index (χ0) is 24.9. The average Bonchev–Trinajstić information content (AvgIpc) is 3.60. The predicted octanol–water partition coefficient (Wildman–Crippen LogP) is 2.10. The van der Waals surface area contributed by atoms with Gasteiger partial charge in [0.05, 0.1) is 42.0 Å². The highest BCUT2D eigenvalue weighted by molar-refractivity contribution is 5.87. The number of nitrogens with zero attached hydrogens (tertiary/aromatic N) is 7. The van der Waals surface area contributed by atoms with Crippen LogP contribution >= 0.6 is 0 Å². The highest BCUT2D eigenvalue weighted by atomic mass is 16.5. The van der Waals surface area contributed by atoms with Gasteiger partial charge in [0.2, 0.25) is 11.5 Å². The summed E-state index contributed by atoms with van der Waals surface area (Å²) in [6, 6.07) is 10.7. The highest BCUT2D eigenvalue weighted by Gasteiger charge is 2.48. The molecule has 0 saturated carbocycles. The number of nitrogens with one attached hydrogen (secondary N) is 1. The molecule has 2 aliphatic rings. The van der Waals surface area contributed by atoms with Crippen molar-refractivity contribution in [3.63, 3.8) is 0 Å². The van der Waals surface area contributed by atoms with E-state index in [1.165, 1.54) is 4.90 Å². The second kappa shape index (κ2) is 8.50. The number of likely N-dealkylation sites (N-methyl/N-ethyl adjacent to an activating group) is 1. The molecule has 0 aromatic carbocycles. The average molecular weight is 489 g/mol. The molecule has 0 spiro atoms. The van der Waals surface area contributed by atoms with Gasteiger partial charge in [0.25, 0.3) is 5.91 Å². The van der Waals surface area contributed by atoms with Gasteiger partial charge in [-0.2, -0.15) is 5.10 Å². The third kappa shape index (κ3) is 3.89. The Morgan fingerprint density at radius 3 is 2.75 bits per heavy atom. The zero-order valence-electron chi connectivity index (χ0n) is 19.7. The van der Waals surface area contributed by atoms with Crippen molar-refractivity contribution in [2.45, 2.75) is 38.2 Å². The van der Waals surface area contributed by atoms with Gasteiger partial charge in [0.15, 0.2) is 11.6 Å². The van der Waals surface area contributed by atoms with Gasteiger partial charge in [0, 0.05) is 38.3 Å². The summed E-state index contributed by atoms with van der Waals surface area (Å²) in [5, 5.41) is 22.6. The SMILES string of the molecule is C[C@H]1Cn2nc(Nc3nccc(-c4cccc(-c5cc([C@]6(O)CCN(C)C6=O)on5)n4)n3)cc2CO1. The fraction of sp³-hybridized carbons (Fsp3) is 0.333. The zero-order valence-corrected chi connectivity index (χ0v) is 19.7. The van der Waals surface area contributed by atoms with Crippen LogP contribution in [0.25, 0.3) is 22.8 Å². The minimum atomic E-state index is -1.71. The Labute approximate surface area is 205 Å². The van der Waals surface area contributed by atoms with Crippen LogP contribution in [0.2, 0.25) is 0 Å². The van der Waals surface area contributed by atoms with Crippen LogP contribution in [0.5, 0.6) is 0 Å². The quantitative estimate of drug-likeness (QED) is 0.428. The topological polar surface area (TPSA) is 144 Å².